The van der Waals surface area contributed by atoms with E-state index in [1.807, 2.05) is 141 Å². The number of allylic oxidation sites excluding steroid dienone is 1. The van der Waals surface area contributed by atoms with Crippen molar-refractivity contribution in [2.45, 2.75) is 64.8 Å². The van der Waals surface area contributed by atoms with Gasteiger partial charge in [0, 0.05) is 29.7 Å². The summed E-state index contributed by atoms with van der Waals surface area (Å²) in [5.41, 5.74) is 6.47. The van der Waals surface area contributed by atoms with Crippen LogP contribution < -0.4 is 39.3 Å². The third-order valence-corrected chi connectivity index (χ3v) is 14.0. The first-order chi connectivity index (χ1) is 38.6. The van der Waals surface area contributed by atoms with Crippen LogP contribution in [-0.4, -0.2) is 49.4 Å². The van der Waals surface area contributed by atoms with Crippen molar-refractivity contribution in [2.75, 3.05) is 27.4 Å². The van der Waals surface area contributed by atoms with Crippen LogP contribution in [0.2, 0.25) is 0 Å². The molecule has 13 nitrogen and oxygen atoms in total. The summed E-state index contributed by atoms with van der Waals surface area (Å²) >= 11 is 0. The van der Waals surface area contributed by atoms with E-state index in [2.05, 4.69) is 0 Å². The Bertz CT molecular complexity index is 3890. The minimum absolute atomic E-state index is 0.0708. The average Bonchev–Trinajstić information content (AvgIpc) is 4.36. The topological polar surface area (TPSA) is 169 Å². The summed E-state index contributed by atoms with van der Waals surface area (Å²) in [7, 11) is 3.04. The highest BCUT2D eigenvalue weighted by molar-refractivity contribution is 5.99. The van der Waals surface area contributed by atoms with Gasteiger partial charge in [-0.1, -0.05) is 145 Å². The SMILES string of the molecule is COc1cc(OCc2ccccc2)c(C/C=C(/C)CO)c2oc3c(OCc4ccccc4)cccc3c(=O)c12.COc1cc(OCc2ccccc2)c(C[C@@H]2O[C@]2(C)CO)c2oc3c(OCc4ccccc4)cccc3c(=O)c12. The third kappa shape index (κ3) is 11.8. The monoisotopic (exact) mass is 1060 g/mol. The van der Waals surface area contributed by atoms with Crippen LogP contribution in [0.5, 0.6) is 34.5 Å². The van der Waals surface area contributed by atoms with Crippen molar-refractivity contribution in [3.63, 3.8) is 0 Å². The predicted octanol–water partition coefficient (Wildman–Crippen LogP) is 12.4. The lowest BCUT2D eigenvalue weighted by Gasteiger charge is -2.17. The molecule has 0 bridgehead atoms. The van der Waals surface area contributed by atoms with E-state index in [1.54, 1.807) is 48.5 Å². The second-order valence-electron chi connectivity index (χ2n) is 19.4. The quantitative estimate of drug-likeness (QED) is 0.0420. The van der Waals surface area contributed by atoms with Gasteiger partial charge < -0.3 is 52.2 Å². The maximum absolute atomic E-state index is 13.9. The Morgan fingerprint density at radius 1 is 0.506 bits per heavy atom. The fourth-order valence-corrected chi connectivity index (χ4v) is 9.38. The molecule has 13 heteroatoms. The summed E-state index contributed by atoms with van der Waals surface area (Å²) in [6.45, 7) is 4.81. The number of para-hydroxylation sites is 2. The third-order valence-electron chi connectivity index (χ3n) is 14.0. The molecule has 0 aliphatic carbocycles. The number of fused-ring (bicyclic) bond motifs is 4. The molecular weight excluding hydrogens is 1000 g/mol. The number of ether oxygens (including phenoxy) is 7. The first-order valence-corrected chi connectivity index (χ1v) is 26.0. The zero-order valence-electron chi connectivity index (χ0n) is 44.4. The Balaban J connectivity index is 0.000000178. The predicted molar refractivity (Wildman–Crippen MR) is 305 cm³/mol. The molecule has 0 spiro atoms. The first kappa shape index (κ1) is 53.5. The standard InChI is InChI=1S/C33H30O7.C33H30O6/c1-33(20-34)28(40-33)16-24-26(38-19-22-12-7-4-8-13-22)17-27(36-2)29-30(35)23-14-9-15-25(31(23)39-32(24)29)37-18-21-10-5-3-6-11-21;1-22(19-34)16-17-25-28(38-21-24-12-7-4-8-13-24)18-29(36-2)30-31(35)26-14-9-15-27(32(26)39-33(25)30)37-20-23-10-5-3-6-11-23/h3-15,17,28,34H,16,18-20H2,1-2H3;3-16,18,34H,17,19-21H2,1-2H3/b;22-16-/t28-,33+;/m0./s1. The molecule has 0 amide bonds. The van der Waals surface area contributed by atoms with Gasteiger partial charge in [0.05, 0.1) is 44.3 Å². The van der Waals surface area contributed by atoms with Crippen molar-refractivity contribution in [1.29, 1.82) is 0 Å². The van der Waals surface area contributed by atoms with Crippen LogP contribution in [0.4, 0.5) is 0 Å². The number of epoxide rings is 1. The van der Waals surface area contributed by atoms with E-state index in [-0.39, 0.29) is 30.2 Å². The molecule has 0 unspecified atom stereocenters. The second kappa shape index (κ2) is 24.2. The fourth-order valence-electron chi connectivity index (χ4n) is 9.38. The number of hydrogen-bond donors (Lipinski definition) is 2. The normalized spacial score (nSPS) is 14.9. The zero-order valence-corrected chi connectivity index (χ0v) is 44.4. The van der Waals surface area contributed by atoms with Crippen LogP contribution in [0.1, 0.15) is 47.2 Å². The number of methoxy groups -OCH3 is 2. The molecule has 79 heavy (non-hydrogen) atoms. The van der Waals surface area contributed by atoms with Gasteiger partial charge in [-0.15, -0.1) is 0 Å². The second-order valence-corrected chi connectivity index (χ2v) is 19.4. The minimum atomic E-state index is -0.663. The lowest BCUT2D eigenvalue weighted by molar-refractivity contribution is 0.184. The summed E-state index contributed by atoms with van der Waals surface area (Å²) in [5, 5.41) is 20.9. The Hall–Kier alpha value is -8.88. The number of aliphatic hydroxyl groups excluding tert-OH is 2. The summed E-state index contributed by atoms with van der Waals surface area (Å²) in [6, 6.07) is 53.3. The molecular formula is C66H60O13. The molecule has 10 aromatic rings. The van der Waals surface area contributed by atoms with E-state index in [0.717, 1.165) is 27.8 Å². The summed E-state index contributed by atoms with van der Waals surface area (Å²) in [5.74, 6) is 2.71. The van der Waals surface area contributed by atoms with Gasteiger partial charge in [-0.2, -0.15) is 0 Å². The van der Waals surface area contributed by atoms with Crippen LogP contribution in [-0.2, 0) is 44.0 Å². The highest BCUT2D eigenvalue weighted by atomic mass is 16.6. The molecule has 2 atom stereocenters. The summed E-state index contributed by atoms with van der Waals surface area (Å²) in [6.07, 6.45) is 2.40. The lowest BCUT2D eigenvalue weighted by atomic mass is 9.98. The highest BCUT2D eigenvalue weighted by Crippen LogP contribution is 2.45. The minimum Gasteiger partial charge on any atom is -0.496 e. The smallest absolute Gasteiger partial charge is 0.204 e. The van der Waals surface area contributed by atoms with Gasteiger partial charge in [-0.3, -0.25) is 9.59 Å². The Labute approximate surface area is 456 Å². The molecule has 0 radical (unpaired) electrons. The van der Waals surface area contributed by atoms with E-state index < -0.39 is 5.60 Å². The van der Waals surface area contributed by atoms with Gasteiger partial charge in [0.2, 0.25) is 10.9 Å². The highest BCUT2D eigenvalue weighted by Gasteiger charge is 2.52. The van der Waals surface area contributed by atoms with E-state index in [4.69, 9.17) is 42.0 Å². The first-order valence-electron chi connectivity index (χ1n) is 26.0. The number of benzene rings is 8. The van der Waals surface area contributed by atoms with Crippen molar-refractivity contribution in [1.82, 2.24) is 0 Å². The van der Waals surface area contributed by atoms with Crippen LogP contribution in [0.3, 0.4) is 0 Å². The molecule has 2 N–H and O–H groups in total. The number of hydrogen-bond acceptors (Lipinski definition) is 13. The lowest BCUT2D eigenvalue weighted by Crippen LogP contribution is -2.17. The van der Waals surface area contributed by atoms with Crippen LogP contribution >= 0.6 is 0 Å². The van der Waals surface area contributed by atoms with Crippen LogP contribution in [0.25, 0.3) is 43.9 Å². The molecule has 2 aromatic heterocycles. The van der Waals surface area contributed by atoms with Crippen LogP contribution in [0, 0.1) is 0 Å². The number of rotatable bonds is 20. The molecule has 11 rings (SSSR count). The molecule has 402 valence electrons. The van der Waals surface area contributed by atoms with Crippen molar-refractivity contribution >= 4 is 43.9 Å². The van der Waals surface area contributed by atoms with E-state index >= 15 is 0 Å². The van der Waals surface area contributed by atoms with Crippen LogP contribution in [0.15, 0.2) is 200 Å². The Morgan fingerprint density at radius 3 is 1.28 bits per heavy atom. The van der Waals surface area contributed by atoms with Gasteiger partial charge in [0.1, 0.15) is 77.0 Å². The summed E-state index contributed by atoms with van der Waals surface area (Å²) in [4.78, 5) is 27.8. The molecule has 1 aliphatic heterocycles. The molecule has 0 saturated carbocycles. The average molecular weight is 1060 g/mol. The van der Waals surface area contributed by atoms with Gasteiger partial charge >= 0.3 is 0 Å². The van der Waals surface area contributed by atoms with Gasteiger partial charge in [0.25, 0.3) is 0 Å². The maximum Gasteiger partial charge on any atom is 0.204 e. The Kier molecular flexibility index (Phi) is 16.4. The maximum atomic E-state index is 13.9. The fraction of sp³-hybridized carbons (Fsp3) is 0.212. The van der Waals surface area contributed by atoms with Gasteiger partial charge in [-0.05, 0) is 66.8 Å². The van der Waals surface area contributed by atoms with Gasteiger partial charge in [0.15, 0.2) is 22.7 Å². The Morgan fingerprint density at radius 2 is 0.899 bits per heavy atom. The van der Waals surface area contributed by atoms with Gasteiger partial charge in [-0.25, -0.2) is 0 Å². The van der Waals surface area contributed by atoms with E-state index in [0.29, 0.717) is 129 Å². The zero-order chi connectivity index (χ0) is 54.9. The van der Waals surface area contributed by atoms with Crippen molar-refractivity contribution in [2.24, 2.45) is 0 Å². The van der Waals surface area contributed by atoms with Crippen molar-refractivity contribution in [3.05, 3.63) is 235 Å². The molecule has 3 heterocycles. The molecule has 1 aliphatic rings. The van der Waals surface area contributed by atoms with Crippen molar-refractivity contribution in [3.8, 4) is 34.5 Å². The molecule has 8 aromatic carbocycles. The molecule has 1 fully saturated rings. The van der Waals surface area contributed by atoms with Crippen molar-refractivity contribution < 1.29 is 52.2 Å². The summed E-state index contributed by atoms with van der Waals surface area (Å²) < 4.78 is 55.0. The largest absolute Gasteiger partial charge is 0.496 e. The molecule has 1 saturated heterocycles. The van der Waals surface area contributed by atoms with E-state index in [9.17, 15) is 19.8 Å². The van der Waals surface area contributed by atoms with E-state index in [1.165, 1.54) is 14.2 Å². The number of aliphatic hydroxyl groups is 2.